The third kappa shape index (κ3) is 6.30. The van der Waals surface area contributed by atoms with Gasteiger partial charge >= 0.3 is 0 Å². The lowest BCUT2D eigenvalue weighted by atomic mass is 10.2. The van der Waals surface area contributed by atoms with Crippen LogP contribution in [-0.2, 0) is 14.8 Å². The molecule has 1 amide bonds. The predicted molar refractivity (Wildman–Crippen MR) is 137 cm³/mol. The average molecular weight is 493 g/mol. The Hall–Kier alpha value is -3.15. The van der Waals surface area contributed by atoms with Crippen LogP contribution in [0.3, 0.4) is 0 Å². The third-order valence-corrected chi connectivity index (χ3v) is 8.58. The van der Waals surface area contributed by atoms with Gasteiger partial charge in [0.1, 0.15) is 0 Å². The summed E-state index contributed by atoms with van der Waals surface area (Å²) in [6.07, 6.45) is 8.14. The van der Waals surface area contributed by atoms with Gasteiger partial charge in [-0.3, -0.25) is 4.79 Å². The number of amides is 1. The summed E-state index contributed by atoms with van der Waals surface area (Å²) >= 11 is 0. The molecule has 4 rings (SSSR count). The number of rotatable bonds is 5. The van der Waals surface area contributed by atoms with Crippen molar-refractivity contribution in [2.24, 2.45) is 0 Å². The van der Waals surface area contributed by atoms with Gasteiger partial charge in [-0.25, -0.2) is 8.42 Å². The lowest BCUT2D eigenvalue weighted by Crippen LogP contribution is -2.34. The van der Waals surface area contributed by atoms with Crippen molar-refractivity contribution in [3.63, 3.8) is 0 Å². The number of hydrogen-bond acceptors (Lipinski definition) is 5. The molecule has 0 aliphatic carbocycles. The molecule has 2 heterocycles. The second-order valence-corrected chi connectivity index (χ2v) is 11.0. The first-order valence-electron chi connectivity index (χ1n) is 12.3. The van der Waals surface area contributed by atoms with E-state index in [2.05, 4.69) is 11.0 Å². The van der Waals surface area contributed by atoms with Crippen LogP contribution in [0.15, 0.2) is 59.5 Å². The molecule has 0 unspecified atom stereocenters. The van der Waals surface area contributed by atoms with E-state index in [1.807, 2.05) is 29.2 Å². The normalized spacial score (nSPS) is 18.1. The van der Waals surface area contributed by atoms with Crippen LogP contribution >= 0.6 is 0 Å². The molecule has 2 aromatic rings. The third-order valence-electron chi connectivity index (χ3n) is 6.67. The molecular weight excluding hydrogens is 460 g/mol. The fourth-order valence-electron chi connectivity index (χ4n) is 4.60. The number of carbonyl (C=O) groups excluding carboxylic acids is 1. The minimum Gasteiger partial charge on any atom is -0.370 e. The molecule has 2 aliphatic rings. The minimum atomic E-state index is -3.47. The van der Waals surface area contributed by atoms with Crippen LogP contribution in [0, 0.1) is 11.3 Å². The zero-order chi connectivity index (χ0) is 24.7. The number of hydrogen-bond donors (Lipinski definition) is 0. The molecule has 7 nitrogen and oxygen atoms in total. The summed E-state index contributed by atoms with van der Waals surface area (Å²) in [5, 5.41) is 8.98. The first-order chi connectivity index (χ1) is 17.0. The molecule has 2 aromatic carbocycles. The topological polar surface area (TPSA) is 84.7 Å². The van der Waals surface area contributed by atoms with E-state index in [0.717, 1.165) is 56.4 Å². The summed E-state index contributed by atoms with van der Waals surface area (Å²) in [6, 6.07) is 16.4. The van der Waals surface area contributed by atoms with Crippen molar-refractivity contribution in [3.05, 3.63) is 65.7 Å². The summed E-state index contributed by atoms with van der Waals surface area (Å²) in [5.41, 5.74) is 2.49. The van der Waals surface area contributed by atoms with Gasteiger partial charge in [-0.05, 0) is 67.3 Å². The molecular formula is C27H32N4O3S. The van der Waals surface area contributed by atoms with Gasteiger partial charge < -0.3 is 9.80 Å². The Morgan fingerprint density at radius 1 is 0.800 bits per heavy atom. The van der Waals surface area contributed by atoms with Gasteiger partial charge in [-0.2, -0.15) is 9.57 Å². The first kappa shape index (κ1) is 25.0. The molecule has 0 radical (unpaired) electrons. The zero-order valence-electron chi connectivity index (χ0n) is 20.0. The van der Waals surface area contributed by atoms with E-state index in [9.17, 15) is 13.2 Å². The van der Waals surface area contributed by atoms with Crippen LogP contribution in [0.1, 0.15) is 43.2 Å². The van der Waals surface area contributed by atoms with Gasteiger partial charge in [-0.15, -0.1) is 0 Å². The van der Waals surface area contributed by atoms with Crippen LogP contribution in [0.4, 0.5) is 5.69 Å². The molecule has 2 fully saturated rings. The average Bonchev–Trinajstić information content (AvgIpc) is 3.32. The molecule has 35 heavy (non-hydrogen) atoms. The standard InChI is InChI=1S/C27H32N4O3S/c28-22-24-6-11-25(12-7-24)29-16-5-17-30(21-20-29)27(32)15-10-23-8-13-26(14-9-23)35(33,34)31-18-3-1-2-4-19-31/h6-15H,1-5,16-21H2/b15-10+. The second kappa shape index (κ2) is 11.5. The largest absolute Gasteiger partial charge is 0.370 e. The number of benzene rings is 2. The van der Waals surface area contributed by atoms with Crippen molar-refractivity contribution in [3.8, 4) is 6.07 Å². The van der Waals surface area contributed by atoms with Gasteiger partial charge in [-0.1, -0.05) is 25.0 Å². The second-order valence-electron chi connectivity index (χ2n) is 9.05. The number of anilines is 1. The molecule has 0 N–H and O–H groups in total. The quantitative estimate of drug-likeness (QED) is 0.592. The van der Waals surface area contributed by atoms with Crippen LogP contribution in [0.25, 0.3) is 6.08 Å². The van der Waals surface area contributed by atoms with E-state index in [-0.39, 0.29) is 5.91 Å². The number of nitrogens with zero attached hydrogens (tertiary/aromatic N) is 4. The maximum absolute atomic E-state index is 12.9. The van der Waals surface area contributed by atoms with Crippen molar-refractivity contribution in [1.29, 1.82) is 5.26 Å². The Morgan fingerprint density at radius 3 is 2.14 bits per heavy atom. The van der Waals surface area contributed by atoms with E-state index >= 15 is 0 Å². The highest BCUT2D eigenvalue weighted by molar-refractivity contribution is 7.89. The van der Waals surface area contributed by atoms with Gasteiger partial charge in [0.2, 0.25) is 15.9 Å². The van der Waals surface area contributed by atoms with Crippen molar-refractivity contribution in [1.82, 2.24) is 9.21 Å². The van der Waals surface area contributed by atoms with Gasteiger partial charge in [0.15, 0.2) is 0 Å². The Bertz CT molecular complexity index is 1180. The van der Waals surface area contributed by atoms with E-state index in [0.29, 0.717) is 36.6 Å². The lowest BCUT2D eigenvalue weighted by Gasteiger charge is -2.23. The Morgan fingerprint density at radius 2 is 1.49 bits per heavy atom. The lowest BCUT2D eigenvalue weighted by molar-refractivity contribution is -0.125. The maximum atomic E-state index is 12.9. The molecule has 0 aromatic heterocycles. The highest BCUT2D eigenvalue weighted by atomic mass is 32.2. The van der Waals surface area contributed by atoms with Gasteiger partial charge in [0.05, 0.1) is 16.5 Å². The first-order valence-corrected chi connectivity index (χ1v) is 13.7. The molecule has 2 aliphatic heterocycles. The SMILES string of the molecule is N#Cc1ccc(N2CCCN(C(=O)/C=C/c3ccc(S(=O)(=O)N4CCCCCC4)cc3)CC2)cc1. The number of sulfonamides is 1. The Balaban J connectivity index is 1.34. The van der Waals surface area contributed by atoms with E-state index in [1.165, 1.54) is 0 Å². The van der Waals surface area contributed by atoms with E-state index in [4.69, 9.17) is 5.26 Å². The van der Waals surface area contributed by atoms with Crippen LogP contribution in [0.5, 0.6) is 0 Å². The Kier molecular flexibility index (Phi) is 8.21. The smallest absolute Gasteiger partial charge is 0.246 e. The van der Waals surface area contributed by atoms with Gasteiger partial charge in [0.25, 0.3) is 0 Å². The molecule has 8 heteroatoms. The highest BCUT2D eigenvalue weighted by Gasteiger charge is 2.25. The van der Waals surface area contributed by atoms with Crippen LogP contribution in [-0.4, -0.2) is 62.8 Å². The summed E-state index contributed by atoms with van der Waals surface area (Å²) in [5.74, 6) is -0.0482. The van der Waals surface area contributed by atoms with Crippen molar-refractivity contribution in [2.75, 3.05) is 44.2 Å². The molecule has 184 valence electrons. The minimum absolute atomic E-state index is 0.0482. The predicted octanol–water partition coefficient (Wildman–Crippen LogP) is 3.88. The van der Waals surface area contributed by atoms with Crippen LogP contribution < -0.4 is 4.90 Å². The van der Waals surface area contributed by atoms with Crippen molar-refractivity contribution in [2.45, 2.75) is 37.0 Å². The highest BCUT2D eigenvalue weighted by Crippen LogP contribution is 2.21. The fourth-order valence-corrected chi connectivity index (χ4v) is 6.11. The summed E-state index contributed by atoms with van der Waals surface area (Å²) in [7, 11) is -3.47. The van der Waals surface area contributed by atoms with Crippen molar-refractivity contribution >= 4 is 27.7 Å². The molecule has 0 bridgehead atoms. The monoisotopic (exact) mass is 492 g/mol. The zero-order valence-corrected chi connectivity index (χ0v) is 20.8. The summed E-state index contributed by atoms with van der Waals surface area (Å²) in [6.45, 7) is 4.05. The summed E-state index contributed by atoms with van der Waals surface area (Å²) in [4.78, 5) is 17.2. The van der Waals surface area contributed by atoms with Crippen molar-refractivity contribution < 1.29 is 13.2 Å². The molecule has 0 atom stereocenters. The van der Waals surface area contributed by atoms with E-state index < -0.39 is 10.0 Å². The molecule has 0 spiro atoms. The van der Waals surface area contributed by atoms with Crippen LogP contribution in [0.2, 0.25) is 0 Å². The van der Waals surface area contributed by atoms with E-state index in [1.54, 1.807) is 40.7 Å². The number of carbonyl (C=O) groups is 1. The molecule has 0 saturated carbocycles. The summed E-state index contributed by atoms with van der Waals surface area (Å²) < 4.78 is 27.5. The fraction of sp³-hybridized carbons (Fsp3) is 0.407. The Labute approximate surface area is 208 Å². The molecule has 2 saturated heterocycles. The van der Waals surface area contributed by atoms with Gasteiger partial charge in [0, 0.05) is 51.0 Å². The maximum Gasteiger partial charge on any atom is 0.246 e. The number of nitriles is 1.